The van der Waals surface area contributed by atoms with E-state index in [4.69, 9.17) is 0 Å². The number of rotatable bonds is 4. The number of amides is 1. The zero-order valence-corrected chi connectivity index (χ0v) is 12.8. The largest absolute Gasteiger partial charge is 0.346 e. The van der Waals surface area contributed by atoms with Crippen LogP contribution in [-0.4, -0.2) is 5.91 Å². The molecule has 2 aromatic carbocycles. The van der Waals surface area contributed by atoms with Crippen molar-refractivity contribution < 1.29 is 4.79 Å². The number of carbonyl (C=O) groups is 1. The molecule has 2 nitrogen and oxygen atoms in total. The summed E-state index contributed by atoms with van der Waals surface area (Å²) in [6.07, 6.45) is 3.36. The number of hydrogen-bond donors (Lipinski definition) is 1. The molecule has 0 saturated carbocycles. The van der Waals surface area contributed by atoms with Gasteiger partial charge < -0.3 is 5.32 Å². The lowest BCUT2D eigenvalue weighted by molar-refractivity contribution is -0.117. The van der Waals surface area contributed by atoms with E-state index in [1.165, 1.54) is 0 Å². The number of benzene rings is 2. The summed E-state index contributed by atoms with van der Waals surface area (Å²) in [7, 11) is 0. The second-order valence-corrected chi connectivity index (χ2v) is 5.44. The highest BCUT2D eigenvalue weighted by Crippen LogP contribution is 2.12. The average Bonchev–Trinajstić information content (AvgIpc) is 2.47. The van der Waals surface area contributed by atoms with E-state index >= 15 is 0 Å². The van der Waals surface area contributed by atoms with Gasteiger partial charge in [-0.2, -0.15) is 0 Å². The number of halogens is 1. The molecule has 2 aromatic rings. The Morgan fingerprint density at radius 1 is 1.10 bits per heavy atom. The van der Waals surface area contributed by atoms with Gasteiger partial charge in [0, 0.05) is 10.5 Å². The third-order valence-electron chi connectivity index (χ3n) is 2.96. The minimum atomic E-state index is -0.0933. The van der Waals surface area contributed by atoms with Gasteiger partial charge in [-0.15, -0.1) is 0 Å². The molecule has 0 saturated heterocycles. The molecular weight excluding hydrogens is 314 g/mol. The number of carbonyl (C=O) groups excluding carboxylic acids is 1. The fraction of sp³-hybridized carbons (Fsp3) is 0.118. The monoisotopic (exact) mass is 329 g/mol. The molecule has 0 fully saturated rings. The maximum Gasteiger partial charge on any atom is 0.244 e. The van der Waals surface area contributed by atoms with Crippen LogP contribution < -0.4 is 5.32 Å². The van der Waals surface area contributed by atoms with Gasteiger partial charge >= 0.3 is 0 Å². The van der Waals surface area contributed by atoms with E-state index in [2.05, 4.69) is 21.2 Å². The third-order valence-corrected chi connectivity index (χ3v) is 3.48. The second-order valence-electron chi connectivity index (χ2n) is 4.53. The van der Waals surface area contributed by atoms with Gasteiger partial charge in [0.15, 0.2) is 0 Å². The SMILES string of the molecule is C[C@@H](NC(=O)/C=C/c1ccc(Br)cc1)c1ccccc1. The first-order valence-corrected chi connectivity index (χ1v) is 7.23. The molecule has 0 bridgehead atoms. The van der Waals surface area contributed by atoms with Crippen LogP contribution in [0.4, 0.5) is 0 Å². The molecule has 20 heavy (non-hydrogen) atoms. The first-order chi connectivity index (χ1) is 9.65. The van der Waals surface area contributed by atoms with Crippen LogP contribution in [0.25, 0.3) is 6.08 Å². The lowest BCUT2D eigenvalue weighted by Crippen LogP contribution is -2.24. The van der Waals surface area contributed by atoms with Gasteiger partial charge in [0.1, 0.15) is 0 Å². The van der Waals surface area contributed by atoms with E-state index in [1.807, 2.05) is 61.5 Å². The highest BCUT2D eigenvalue weighted by molar-refractivity contribution is 9.10. The van der Waals surface area contributed by atoms with E-state index in [9.17, 15) is 4.79 Å². The van der Waals surface area contributed by atoms with Crippen molar-refractivity contribution in [1.29, 1.82) is 0 Å². The summed E-state index contributed by atoms with van der Waals surface area (Å²) in [5.74, 6) is -0.0933. The van der Waals surface area contributed by atoms with E-state index in [1.54, 1.807) is 12.2 Å². The first kappa shape index (κ1) is 14.5. The quantitative estimate of drug-likeness (QED) is 0.830. The molecule has 0 spiro atoms. The molecule has 0 radical (unpaired) electrons. The van der Waals surface area contributed by atoms with E-state index in [-0.39, 0.29) is 11.9 Å². The summed E-state index contributed by atoms with van der Waals surface area (Å²) in [4.78, 5) is 11.9. The Labute approximate surface area is 127 Å². The molecule has 102 valence electrons. The van der Waals surface area contributed by atoms with Crippen LogP contribution in [-0.2, 0) is 4.79 Å². The minimum Gasteiger partial charge on any atom is -0.346 e. The van der Waals surface area contributed by atoms with Crippen LogP contribution >= 0.6 is 15.9 Å². The molecule has 0 heterocycles. The highest BCUT2D eigenvalue weighted by Gasteiger charge is 2.06. The van der Waals surface area contributed by atoms with Crippen LogP contribution in [0.1, 0.15) is 24.1 Å². The summed E-state index contributed by atoms with van der Waals surface area (Å²) in [5.41, 5.74) is 2.09. The number of nitrogens with one attached hydrogen (secondary N) is 1. The zero-order valence-electron chi connectivity index (χ0n) is 11.2. The van der Waals surface area contributed by atoms with Gasteiger partial charge in [0.2, 0.25) is 5.91 Å². The fourth-order valence-electron chi connectivity index (χ4n) is 1.83. The third kappa shape index (κ3) is 4.35. The Morgan fingerprint density at radius 2 is 1.75 bits per heavy atom. The van der Waals surface area contributed by atoms with Crippen molar-refractivity contribution in [2.45, 2.75) is 13.0 Å². The molecule has 0 unspecified atom stereocenters. The maximum absolute atomic E-state index is 11.9. The van der Waals surface area contributed by atoms with Gasteiger partial charge in [-0.1, -0.05) is 58.4 Å². The van der Waals surface area contributed by atoms with Gasteiger partial charge in [-0.3, -0.25) is 4.79 Å². The lowest BCUT2D eigenvalue weighted by Gasteiger charge is -2.12. The molecule has 0 aliphatic rings. The maximum atomic E-state index is 11.9. The fourth-order valence-corrected chi connectivity index (χ4v) is 2.10. The summed E-state index contributed by atoms with van der Waals surface area (Å²) in [6, 6.07) is 17.7. The predicted molar refractivity (Wildman–Crippen MR) is 86.2 cm³/mol. The van der Waals surface area contributed by atoms with Crippen molar-refractivity contribution in [3.05, 3.63) is 76.3 Å². The van der Waals surface area contributed by atoms with E-state index in [0.717, 1.165) is 15.6 Å². The average molecular weight is 330 g/mol. The van der Waals surface area contributed by atoms with Crippen molar-refractivity contribution in [3.8, 4) is 0 Å². The molecule has 0 aliphatic carbocycles. The standard InChI is InChI=1S/C17H16BrNO/c1-13(15-5-3-2-4-6-15)19-17(20)12-9-14-7-10-16(18)11-8-14/h2-13H,1H3,(H,19,20)/b12-9+/t13-/m1/s1. The molecule has 0 aliphatic heterocycles. The Kier molecular flexibility index (Phi) is 5.13. The van der Waals surface area contributed by atoms with Gasteiger partial charge in [-0.05, 0) is 36.3 Å². The summed E-state index contributed by atoms with van der Waals surface area (Å²) in [6.45, 7) is 1.97. The Morgan fingerprint density at radius 3 is 2.40 bits per heavy atom. The van der Waals surface area contributed by atoms with Crippen LogP contribution in [0.3, 0.4) is 0 Å². The van der Waals surface area contributed by atoms with Crippen molar-refractivity contribution in [2.24, 2.45) is 0 Å². The Hall–Kier alpha value is -1.87. The van der Waals surface area contributed by atoms with E-state index in [0.29, 0.717) is 0 Å². The smallest absolute Gasteiger partial charge is 0.244 e. The molecule has 1 atom stereocenters. The molecule has 1 amide bonds. The molecule has 3 heteroatoms. The van der Waals surface area contributed by atoms with Crippen molar-refractivity contribution in [2.75, 3.05) is 0 Å². The van der Waals surface area contributed by atoms with Crippen LogP contribution in [0.15, 0.2) is 65.1 Å². The lowest BCUT2D eigenvalue weighted by atomic mass is 10.1. The van der Waals surface area contributed by atoms with Crippen molar-refractivity contribution >= 4 is 27.9 Å². The van der Waals surface area contributed by atoms with Crippen molar-refractivity contribution in [3.63, 3.8) is 0 Å². The normalized spacial score (nSPS) is 12.3. The number of hydrogen-bond acceptors (Lipinski definition) is 1. The van der Waals surface area contributed by atoms with Crippen LogP contribution in [0, 0.1) is 0 Å². The molecule has 0 aromatic heterocycles. The van der Waals surface area contributed by atoms with Crippen molar-refractivity contribution in [1.82, 2.24) is 5.32 Å². The summed E-state index contributed by atoms with van der Waals surface area (Å²) < 4.78 is 1.02. The molecular formula is C17H16BrNO. The van der Waals surface area contributed by atoms with Gasteiger partial charge in [-0.25, -0.2) is 0 Å². The minimum absolute atomic E-state index is 0.00160. The predicted octanol–water partition coefficient (Wildman–Crippen LogP) is 4.34. The molecule has 2 rings (SSSR count). The highest BCUT2D eigenvalue weighted by atomic mass is 79.9. The van der Waals surface area contributed by atoms with Crippen LogP contribution in [0.5, 0.6) is 0 Å². The van der Waals surface area contributed by atoms with Crippen LogP contribution in [0.2, 0.25) is 0 Å². The summed E-state index contributed by atoms with van der Waals surface area (Å²) >= 11 is 3.38. The van der Waals surface area contributed by atoms with Gasteiger partial charge in [0.25, 0.3) is 0 Å². The Balaban J connectivity index is 1.94. The Bertz CT molecular complexity index is 590. The molecule has 1 N–H and O–H groups in total. The summed E-state index contributed by atoms with van der Waals surface area (Å²) in [5, 5.41) is 2.94. The zero-order chi connectivity index (χ0) is 14.4. The van der Waals surface area contributed by atoms with Gasteiger partial charge in [0.05, 0.1) is 6.04 Å². The topological polar surface area (TPSA) is 29.1 Å². The first-order valence-electron chi connectivity index (χ1n) is 6.44. The van der Waals surface area contributed by atoms with E-state index < -0.39 is 0 Å². The second kappa shape index (κ2) is 7.06.